The molecule has 2 atom stereocenters. The van der Waals surface area contributed by atoms with Crippen molar-refractivity contribution >= 4 is 5.91 Å². The summed E-state index contributed by atoms with van der Waals surface area (Å²) < 4.78 is 13.1. The minimum Gasteiger partial charge on any atom is -0.339 e. The van der Waals surface area contributed by atoms with Crippen molar-refractivity contribution in [2.75, 3.05) is 20.1 Å². The molecular formula is C21H26FN3O. The summed E-state index contributed by atoms with van der Waals surface area (Å²) in [5.41, 5.74) is 2.12. The number of rotatable bonds is 5. The van der Waals surface area contributed by atoms with E-state index in [1.54, 1.807) is 23.2 Å². The number of hydrogen-bond donors (Lipinski definition) is 0. The van der Waals surface area contributed by atoms with Gasteiger partial charge in [-0.2, -0.15) is 0 Å². The number of benzene rings is 1. The van der Waals surface area contributed by atoms with Gasteiger partial charge in [0.2, 0.25) is 5.91 Å². The van der Waals surface area contributed by atoms with Crippen molar-refractivity contribution in [2.24, 2.45) is 5.92 Å². The number of carbonyl (C=O) groups excluding carboxylic acids is 1. The molecule has 0 N–H and O–H groups in total. The third-order valence-electron chi connectivity index (χ3n) is 5.26. The van der Waals surface area contributed by atoms with E-state index in [9.17, 15) is 9.18 Å². The second kappa shape index (κ2) is 8.41. The van der Waals surface area contributed by atoms with Crippen molar-refractivity contribution in [3.63, 3.8) is 0 Å². The Balaban J connectivity index is 1.61. The van der Waals surface area contributed by atoms with Crippen molar-refractivity contribution in [1.29, 1.82) is 0 Å². The van der Waals surface area contributed by atoms with Crippen LogP contribution in [-0.4, -0.2) is 40.8 Å². The lowest BCUT2D eigenvalue weighted by atomic mass is 9.95. The highest BCUT2D eigenvalue weighted by Crippen LogP contribution is 2.25. The third kappa shape index (κ3) is 4.47. The van der Waals surface area contributed by atoms with Crippen molar-refractivity contribution in [3.8, 4) is 0 Å². The van der Waals surface area contributed by atoms with Gasteiger partial charge in [-0.05, 0) is 55.6 Å². The maximum Gasteiger partial charge on any atom is 0.227 e. The number of amides is 1. The van der Waals surface area contributed by atoms with Gasteiger partial charge in [0.05, 0.1) is 12.0 Å². The van der Waals surface area contributed by atoms with Crippen LogP contribution in [0.1, 0.15) is 36.9 Å². The predicted molar refractivity (Wildman–Crippen MR) is 99.8 cm³/mol. The van der Waals surface area contributed by atoms with Crippen LogP contribution in [0.2, 0.25) is 0 Å². The Morgan fingerprint density at radius 3 is 2.81 bits per heavy atom. The molecular weight excluding hydrogens is 329 g/mol. The van der Waals surface area contributed by atoms with Crippen molar-refractivity contribution < 1.29 is 9.18 Å². The van der Waals surface area contributed by atoms with Crippen molar-refractivity contribution in [2.45, 2.75) is 32.4 Å². The van der Waals surface area contributed by atoms with Gasteiger partial charge in [-0.25, -0.2) is 4.39 Å². The monoisotopic (exact) mass is 355 g/mol. The second-order valence-electron chi connectivity index (χ2n) is 7.11. The quantitative estimate of drug-likeness (QED) is 0.821. The van der Waals surface area contributed by atoms with E-state index in [2.05, 4.69) is 16.0 Å². The number of nitrogens with zero attached hydrogens (tertiary/aromatic N) is 3. The Hall–Kier alpha value is -2.27. The zero-order valence-corrected chi connectivity index (χ0v) is 15.4. The molecule has 3 rings (SSSR count). The summed E-state index contributed by atoms with van der Waals surface area (Å²) in [6, 6.07) is 10.3. The van der Waals surface area contributed by atoms with E-state index < -0.39 is 0 Å². The fourth-order valence-corrected chi connectivity index (χ4v) is 3.59. The van der Waals surface area contributed by atoms with E-state index in [-0.39, 0.29) is 23.7 Å². The molecule has 5 heteroatoms. The molecule has 1 aliphatic heterocycles. The lowest BCUT2D eigenvalue weighted by Crippen LogP contribution is -2.44. The van der Waals surface area contributed by atoms with Gasteiger partial charge in [-0.3, -0.25) is 14.7 Å². The van der Waals surface area contributed by atoms with Crippen LogP contribution in [0, 0.1) is 11.7 Å². The van der Waals surface area contributed by atoms with Gasteiger partial charge >= 0.3 is 0 Å². The van der Waals surface area contributed by atoms with Crippen LogP contribution >= 0.6 is 0 Å². The van der Waals surface area contributed by atoms with Gasteiger partial charge in [0.25, 0.3) is 0 Å². The highest BCUT2D eigenvalue weighted by molar-refractivity contribution is 5.79. The molecule has 4 nitrogen and oxygen atoms in total. The lowest BCUT2D eigenvalue weighted by Gasteiger charge is -2.35. The summed E-state index contributed by atoms with van der Waals surface area (Å²) in [4.78, 5) is 21.3. The molecule has 1 amide bonds. The molecule has 26 heavy (non-hydrogen) atoms. The fourth-order valence-electron chi connectivity index (χ4n) is 3.59. The maximum absolute atomic E-state index is 13.1. The van der Waals surface area contributed by atoms with Crippen LogP contribution in [0.3, 0.4) is 0 Å². The van der Waals surface area contributed by atoms with Gasteiger partial charge in [0.15, 0.2) is 0 Å². The molecule has 0 radical (unpaired) electrons. The van der Waals surface area contributed by atoms with Crippen LogP contribution < -0.4 is 0 Å². The molecule has 2 heterocycles. The first kappa shape index (κ1) is 18.5. The van der Waals surface area contributed by atoms with E-state index >= 15 is 0 Å². The first-order valence-electron chi connectivity index (χ1n) is 9.18. The number of aromatic nitrogens is 1. The largest absolute Gasteiger partial charge is 0.339 e. The van der Waals surface area contributed by atoms with Crippen molar-refractivity contribution in [1.82, 2.24) is 14.8 Å². The number of piperidine rings is 1. The van der Waals surface area contributed by atoms with Crippen LogP contribution in [0.25, 0.3) is 0 Å². The van der Waals surface area contributed by atoms with Crippen LogP contribution in [0.4, 0.5) is 4.39 Å². The van der Waals surface area contributed by atoms with Crippen LogP contribution in [-0.2, 0) is 11.3 Å². The first-order valence-corrected chi connectivity index (χ1v) is 9.18. The molecule has 1 aromatic carbocycles. The van der Waals surface area contributed by atoms with Gasteiger partial charge in [0, 0.05) is 32.5 Å². The Labute approximate surface area is 154 Å². The fraction of sp³-hybridized carbons (Fsp3) is 0.429. The average Bonchev–Trinajstić information content (AvgIpc) is 2.68. The zero-order chi connectivity index (χ0) is 18.5. The number of halogens is 1. The van der Waals surface area contributed by atoms with Gasteiger partial charge in [-0.1, -0.05) is 18.2 Å². The molecule has 1 saturated heterocycles. The van der Waals surface area contributed by atoms with Crippen LogP contribution in [0.5, 0.6) is 0 Å². The molecule has 1 aromatic heterocycles. The predicted octanol–water partition coefficient (Wildman–Crippen LogP) is 3.65. The van der Waals surface area contributed by atoms with Gasteiger partial charge in [-0.15, -0.1) is 0 Å². The van der Waals surface area contributed by atoms with E-state index in [0.29, 0.717) is 0 Å². The second-order valence-corrected chi connectivity index (χ2v) is 7.11. The Morgan fingerprint density at radius 1 is 1.35 bits per heavy atom. The molecule has 1 aliphatic rings. The summed E-state index contributed by atoms with van der Waals surface area (Å²) >= 11 is 0. The lowest BCUT2D eigenvalue weighted by molar-refractivity contribution is -0.138. The molecule has 138 valence electrons. The summed E-state index contributed by atoms with van der Waals surface area (Å²) in [5.74, 6) is -0.0840. The molecule has 2 aromatic rings. The average molecular weight is 355 g/mol. The van der Waals surface area contributed by atoms with E-state index in [1.807, 2.05) is 26.2 Å². The van der Waals surface area contributed by atoms with Gasteiger partial charge < -0.3 is 4.90 Å². The SMILES string of the molecule is CC(c1ccc(F)cc1)N(C)C(=O)C1CCCN(Cc2cccnc2)C1. The Kier molecular flexibility index (Phi) is 5.99. The molecule has 0 saturated carbocycles. The zero-order valence-electron chi connectivity index (χ0n) is 15.4. The van der Waals surface area contributed by atoms with E-state index in [0.717, 1.165) is 38.0 Å². The Morgan fingerprint density at radius 2 is 2.12 bits per heavy atom. The smallest absolute Gasteiger partial charge is 0.227 e. The summed E-state index contributed by atoms with van der Waals surface area (Å²) in [7, 11) is 1.84. The van der Waals surface area contributed by atoms with Crippen LogP contribution in [0.15, 0.2) is 48.8 Å². The van der Waals surface area contributed by atoms with Crippen molar-refractivity contribution in [3.05, 3.63) is 65.7 Å². The van der Waals surface area contributed by atoms with E-state index in [4.69, 9.17) is 0 Å². The number of likely N-dealkylation sites (tertiary alicyclic amines) is 1. The molecule has 0 spiro atoms. The number of pyridine rings is 1. The normalized spacial score (nSPS) is 19.1. The summed E-state index contributed by atoms with van der Waals surface area (Å²) in [6.07, 6.45) is 5.60. The van der Waals surface area contributed by atoms with Gasteiger partial charge in [0.1, 0.15) is 5.82 Å². The topological polar surface area (TPSA) is 36.4 Å². The standard InChI is InChI=1S/C21H26FN3O/c1-16(18-7-9-20(22)10-8-18)24(2)21(26)19-6-4-12-25(15-19)14-17-5-3-11-23-13-17/h3,5,7-11,13,16,19H,4,6,12,14-15H2,1-2H3. The summed E-state index contributed by atoms with van der Waals surface area (Å²) in [6.45, 7) is 4.60. The maximum atomic E-state index is 13.1. The highest BCUT2D eigenvalue weighted by Gasteiger charge is 2.30. The molecule has 2 unspecified atom stereocenters. The Bertz CT molecular complexity index is 720. The minimum absolute atomic E-state index is 0.00770. The number of hydrogen-bond acceptors (Lipinski definition) is 3. The minimum atomic E-state index is -0.256. The van der Waals surface area contributed by atoms with E-state index in [1.165, 1.54) is 17.7 Å². The molecule has 0 aliphatic carbocycles. The highest BCUT2D eigenvalue weighted by atomic mass is 19.1. The summed E-state index contributed by atoms with van der Waals surface area (Å²) in [5, 5.41) is 0. The molecule has 1 fully saturated rings. The third-order valence-corrected chi connectivity index (χ3v) is 5.26. The first-order chi connectivity index (χ1) is 12.5. The molecule has 0 bridgehead atoms. The number of carbonyl (C=O) groups is 1.